The van der Waals surface area contributed by atoms with Gasteiger partial charge in [0.2, 0.25) is 0 Å². The zero-order chi connectivity index (χ0) is 33.6. The van der Waals surface area contributed by atoms with Crippen LogP contribution in [-0.2, 0) is 12.4 Å². The van der Waals surface area contributed by atoms with Crippen molar-refractivity contribution in [3.63, 3.8) is 0 Å². The summed E-state index contributed by atoms with van der Waals surface area (Å²) >= 11 is 0.585. The van der Waals surface area contributed by atoms with Crippen LogP contribution in [0.1, 0.15) is 75.2 Å². The average molecular weight is 669 g/mol. The van der Waals surface area contributed by atoms with Crippen molar-refractivity contribution in [2.75, 3.05) is 17.7 Å². The number of ether oxygens (including phenoxy) is 1. The number of hydrogen-bond acceptors (Lipinski definition) is 5. The Morgan fingerprint density at radius 1 is 0.957 bits per heavy atom. The highest BCUT2D eigenvalue weighted by atomic mass is 32.1. The van der Waals surface area contributed by atoms with Crippen LogP contribution in [0.15, 0.2) is 54.6 Å². The number of benzene rings is 3. The second-order valence-corrected chi connectivity index (χ2v) is 12.4. The largest absolute Gasteiger partial charge is 0.496 e. The lowest BCUT2D eigenvalue weighted by atomic mass is 9.76. The summed E-state index contributed by atoms with van der Waals surface area (Å²) in [6.45, 7) is 1.74. The van der Waals surface area contributed by atoms with Gasteiger partial charge in [-0.15, -0.1) is 11.3 Å². The number of rotatable bonds is 6. The number of amides is 2. The highest BCUT2D eigenvalue weighted by Crippen LogP contribution is 2.42. The van der Waals surface area contributed by atoms with E-state index in [1.165, 1.54) is 7.11 Å². The molecule has 1 aliphatic rings. The zero-order valence-electron chi connectivity index (χ0n) is 24.3. The first kappa shape index (κ1) is 33.2. The van der Waals surface area contributed by atoms with Crippen LogP contribution in [0, 0.1) is 5.82 Å². The molecule has 4 aromatic rings. The standard InChI is InChI=1S/C32H27F7N2O4S/c1-30(44)11-3-4-17(15-30)16-5-10-24(45-2)21(12-16)28(42)41-26-20-8-6-18(31(34,35)36)13-25(20)46-27(26)29(43)40-19-7-9-23(33)22(14-19)32(37,38)39/h5-10,12-14,17,44H,3-4,11,15H2,1-2H3,(H,40,43)(H,41,42). The Morgan fingerprint density at radius 3 is 2.35 bits per heavy atom. The molecule has 0 bridgehead atoms. The number of anilines is 2. The molecule has 3 N–H and O–H groups in total. The number of fused-ring (bicyclic) bond motifs is 1. The summed E-state index contributed by atoms with van der Waals surface area (Å²) in [5, 5.41) is 15.5. The Kier molecular flexibility index (Phi) is 8.81. The maximum atomic E-state index is 13.8. The normalized spacial score (nSPS) is 18.8. The number of methoxy groups -OCH3 is 1. The average Bonchev–Trinajstić information content (AvgIpc) is 3.34. The second-order valence-electron chi connectivity index (χ2n) is 11.4. The van der Waals surface area contributed by atoms with Gasteiger partial charge in [0.15, 0.2) is 0 Å². The predicted octanol–water partition coefficient (Wildman–Crippen LogP) is 9.00. The molecule has 1 heterocycles. The topological polar surface area (TPSA) is 87.7 Å². The summed E-state index contributed by atoms with van der Waals surface area (Å²) in [6, 6.07) is 9.40. The van der Waals surface area contributed by atoms with Gasteiger partial charge >= 0.3 is 12.4 Å². The molecule has 1 aliphatic carbocycles. The van der Waals surface area contributed by atoms with Crippen LogP contribution in [-0.4, -0.2) is 29.6 Å². The zero-order valence-corrected chi connectivity index (χ0v) is 25.1. The summed E-state index contributed by atoms with van der Waals surface area (Å²) in [5.41, 5.74) is -3.33. The van der Waals surface area contributed by atoms with E-state index in [1.54, 1.807) is 25.1 Å². The van der Waals surface area contributed by atoms with Gasteiger partial charge < -0.3 is 20.5 Å². The number of carbonyl (C=O) groups is 2. The van der Waals surface area contributed by atoms with Crippen LogP contribution in [0.5, 0.6) is 5.75 Å². The predicted molar refractivity (Wildman–Crippen MR) is 159 cm³/mol. The Balaban J connectivity index is 1.54. The van der Waals surface area contributed by atoms with E-state index < -0.39 is 52.4 Å². The molecule has 2 unspecified atom stereocenters. The maximum absolute atomic E-state index is 13.8. The Labute approximate surface area is 262 Å². The van der Waals surface area contributed by atoms with E-state index in [0.717, 1.165) is 42.7 Å². The smallest absolute Gasteiger partial charge is 0.419 e. The van der Waals surface area contributed by atoms with Crippen LogP contribution >= 0.6 is 11.3 Å². The molecule has 5 rings (SSSR count). The van der Waals surface area contributed by atoms with Crippen LogP contribution < -0.4 is 15.4 Å². The Bertz CT molecular complexity index is 1810. The highest BCUT2D eigenvalue weighted by Gasteiger charge is 2.35. The third-order valence-corrected chi connectivity index (χ3v) is 9.04. The van der Waals surface area contributed by atoms with Crippen LogP contribution in [0.25, 0.3) is 10.1 Å². The summed E-state index contributed by atoms with van der Waals surface area (Å²) in [6.07, 6.45) is -7.15. The van der Waals surface area contributed by atoms with Gasteiger partial charge in [0.05, 0.1) is 35.1 Å². The number of halogens is 7. The number of nitrogens with one attached hydrogen (secondary N) is 2. The van der Waals surface area contributed by atoms with Crippen molar-refractivity contribution in [1.82, 2.24) is 0 Å². The number of alkyl halides is 6. The van der Waals surface area contributed by atoms with Crippen LogP contribution in [0.3, 0.4) is 0 Å². The molecule has 2 amide bonds. The Hall–Kier alpha value is -4.17. The minimum absolute atomic E-state index is 0.0319. The van der Waals surface area contributed by atoms with E-state index in [-0.39, 0.29) is 37.9 Å². The Morgan fingerprint density at radius 2 is 1.70 bits per heavy atom. The SMILES string of the molecule is COc1ccc(C2CCCC(C)(O)C2)cc1C(=O)Nc1c(C(=O)Nc2ccc(F)c(C(F)(F)F)c2)sc2cc(C(F)(F)F)ccc12. The summed E-state index contributed by atoms with van der Waals surface area (Å²) < 4.78 is 99.4. The molecule has 3 aromatic carbocycles. The molecule has 1 aromatic heterocycles. The van der Waals surface area contributed by atoms with Gasteiger partial charge in [-0.05, 0) is 86.6 Å². The fourth-order valence-corrected chi connectivity index (χ4v) is 6.74. The van der Waals surface area contributed by atoms with Crippen molar-refractivity contribution in [3.8, 4) is 5.75 Å². The van der Waals surface area contributed by atoms with Gasteiger partial charge in [-0.2, -0.15) is 26.3 Å². The van der Waals surface area contributed by atoms with E-state index in [4.69, 9.17) is 4.74 Å². The first-order chi connectivity index (χ1) is 21.5. The fraction of sp³-hybridized carbons (Fsp3) is 0.312. The molecule has 0 saturated heterocycles. The minimum Gasteiger partial charge on any atom is -0.496 e. The van der Waals surface area contributed by atoms with E-state index in [2.05, 4.69) is 10.6 Å². The van der Waals surface area contributed by atoms with Crippen molar-refractivity contribution < 1.29 is 50.2 Å². The van der Waals surface area contributed by atoms with Crippen molar-refractivity contribution in [2.24, 2.45) is 0 Å². The molecule has 244 valence electrons. The molecule has 14 heteroatoms. The lowest BCUT2D eigenvalue weighted by Gasteiger charge is -2.34. The van der Waals surface area contributed by atoms with Crippen LogP contribution in [0.4, 0.5) is 42.1 Å². The molecule has 0 radical (unpaired) electrons. The molecule has 1 saturated carbocycles. The first-order valence-electron chi connectivity index (χ1n) is 14.0. The summed E-state index contributed by atoms with van der Waals surface area (Å²) in [5.74, 6) is -3.28. The highest BCUT2D eigenvalue weighted by molar-refractivity contribution is 7.21. The lowest BCUT2D eigenvalue weighted by molar-refractivity contribution is -0.140. The van der Waals surface area contributed by atoms with Crippen molar-refractivity contribution in [2.45, 2.75) is 56.5 Å². The van der Waals surface area contributed by atoms with E-state index in [0.29, 0.717) is 36.3 Å². The number of aliphatic hydroxyl groups is 1. The van der Waals surface area contributed by atoms with Crippen molar-refractivity contribution in [3.05, 3.63) is 87.5 Å². The number of thiophene rings is 1. The molecule has 0 aliphatic heterocycles. The third-order valence-electron chi connectivity index (χ3n) is 7.89. The van der Waals surface area contributed by atoms with E-state index in [9.17, 15) is 45.4 Å². The van der Waals surface area contributed by atoms with Gasteiger partial charge in [0.1, 0.15) is 16.4 Å². The molecular formula is C32H27F7N2O4S. The van der Waals surface area contributed by atoms with Gasteiger partial charge in [-0.3, -0.25) is 9.59 Å². The first-order valence-corrected chi connectivity index (χ1v) is 14.8. The number of hydrogen-bond donors (Lipinski definition) is 3. The summed E-state index contributed by atoms with van der Waals surface area (Å²) in [7, 11) is 1.34. The molecule has 0 spiro atoms. The van der Waals surface area contributed by atoms with E-state index in [1.807, 2.05) is 0 Å². The molecule has 1 fully saturated rings. The second kappa shape index (κ2) is 12.2. The van der Waals surface area contributed by atoms with Gasteiger partial charge in [0.25, 0.3) is 11.8 Å². The van der Waals surface area contributed by atoms with Crippen molar-refractivity contribution >= 4 is 44.6 Å². The summed E-state index contributed by atoms with van der Waals surface area (Å²) in [4.78, 5) is 26.8. The van der Waals surface area contributed by atoms with E-state index >= 15 is 0 Å². The van der Waals surface area contributed by atoms with Crippen molar-refractivity contribution in [1.29, 1.82) is 0 Å². The molecule has 2 atom stereocenters. The maximum Gasteiger partial charge on any atom is 0.419 e. The fourth-order valence-electron chi connectivity index (χ4n) is 5.65. The van der Waals surface area contributed by atoms with Gasteiger partial charge in [-0.1, -0.05) is 12.1 Å². The van der Waals surface area contributed by atoms with Crippen LogP contribution in [0.2, 0.25) is 0 Å². The monoisotopic (exact) mass is 668 g/mol. The third kappa shape index (κ3) is 6.97. The molecular weight excluding hydrogens is 641 g/mol. The van der Waals surface area contributed by atoms with Gasteiger partial charge in [0, 0.05) is 15.8 Å². The molecule has 46 heavy (non-hydrogen) atoms. The number of carbonyl (C=O) groups excluding carboxylic acids is 2. The van der Waals surface area contributed by atoms with Gasteiger partial charge in [-0.25, -0.2) is 4.39 Å². The lowest BCUT2D eigenvalue weighted by Crippen LogP contribution is -2.30. The quantitative estimate of drug-likeness (QED) is 0.179. The molecule has 6 nitrogen and oxygen atoms in total. The minimum atomic E-state index is -5.06.